The molecule has 3 N–H and O–H groups in total. The van der Waals surface area contributed by atoms with Gasteiger partial charge in [-0.15, -0.1) is 0 Å². The molecule has 2 aliphatic heterocycles. The third kappa shape index (κ3) is 8.46. The van der Waals surface area contributed by atoms with Crippen LogP contribution in [0, 0.1) is 23.2 Å². The number of fused-ring (bicyclic) bond motifs is 5. The van der Waals surface area contributed by atoms with Crippen LogP contribution in [-0.2, 0) is 35.6 Å². The van der Waals surface area contributed by atoms with Gasteiger partial charge in [0.05, 0.1) is 35.9 Å². The summed E-state index contributed by atoms with van der Waals surface area (Å²) in [5.41, 5.74) is -1.41. The molecule has 2 aromatic rings. The van der Waals surface area contributed by atoms with Gasteiger partial charge in [0.1, 0.15) is 41.3 Å². The summed E-state index contributed by atoms with van der Waals surface area (Å²) < 4.78 is 73.8. The quantitative estimate of drug-likeness (QED) is 0.348. The number of aromatic nitrogens is 2. The standard InChI is InChI=1S/C39H52F2N6O9S/c1-6-23-29-19-47(30(23)33(48)45-39(18-24(39)32(40)41)36(50)46-57(52,53)22-13-14-22)35(49)31(38(2,3)4)44-37(51)56-28-16-20(28)10-8-7-9-11-26-34(55-29)43-27-17-21(54-5)12-15-25(27)42-26/h12,15,17,20,22-24,28-32H,6-11,13-14,16,18-19H2,1-5H3,(H,44,51)(H,45,48)(H,46,50)/t20-,23-,24+,28-,29+,30+,31-,39-/m1/s1. The number of rotatable bonds is 8. The largest absolute Gasteiger partial charge is 0.497 e. The zero-order chi connectivity index (χ0) is 41.0. The fourth-order valence-corrected chi connectivity index (χ4v) is 9.67. The lowest BCUT2D eigenvalue weighted by atomic mass is 9.85. The third-order valence-electron chi connectivity index (χ3n) is 12.0. The molecule has 4 amide bonds. The minimum absolute atomic E-state index is 0.172. The Morgan fingerprint density at radius 3 is 2.47 bits per heavy atom. The van der Waals surface area contributed by atoms with Crippen LogP contribution in [0.1, 0.15) is 91.2 Å². The first-order chi connectivity index (χ1) is 26.9. The zero-order valence-corrected chi connectivity index (χ0v) is 33.7. The summed E-state index contributed by atoms with van der Waals surface area (Å²) >= 11 is 0. The first-order valence-corrected chi connectivity index (χ1v) is 21.5. The SMILES string of the molecule is CC[C@@H]1[C@@H]2CN(C(=O)[C@H](C(C)(C)C)NC(=O)O[C@@H]3C[C@H]3CCCCCc3nc4ccc(OC)cc4nc3O2)[C@@H]1C(=O)N[C@]1(C(=O)NS(=O)(=O)C2CC2)C[C@H]1C(F)F. The number of carbonyl (C=O) groups is 4. The fraction of sp³-hybridized carbons (Fsp3) is 0.692. The minimum atomic E-state index is -4.14. The Bertz CT molecular complexity index is 2030. The van der Waals surface area contributed by atoms with Crippen molar-refractivity contribution in [2.45, 2.75) is 133 Å². The molecule has 1 saturated heterocycles. The summed E-state index contributed by atoms with van der Waals surface area (Å²) in [5.74, 6) is -4.29. The van der Waals surface area contributed by atoms with Crippen molar-refractivity contribution in [3.05, 3.63) is 23.9 Å². The summed E-state index contributed by atoms with van der Waals surface area (Å²) in [5, 5.41) is 4.43. The number of aryl methyl sites for hydroxylation is 1. The van der Waals surface area contributed by atoms with Crippen molar-refractivity contribution < 1.29 is 50.6 Å². The van der Waals surface area contributed by atoms with Gasteiger partial charge in [0, 0.05) is 12.0 Å². The van der Waals surface area contributed by atoms with Gasteiger partial charge in [0.15, 0.2) is 0 Å². The number of nitrogens with one attached hydrogen (secondary N) is 3. The molecule has 0 unspecified atom stereocenters. The molecule has 15 nitrogen and oxygen atoms in total. The molecule has 3 aliphatic carbocycles. The highest BCUT2D eigenvalue weighted by Gasteiger charge is 2.67. The molecule has 4 fully saturated rings. The maximum absolute atomic E-state index is 14.8. The molecule has 312 valence electrons. The monoisotopic (exact) mass is 818 g/mol. The summed E-state index contributed by atoms with van der Waals surface area (Å²) in [6, 6.07) is 2.73. The number of hydrogen-bond acceptors (Lipinski definition) is 11. The molecule has 8 atom stereocenters. The molecule has 3 heterocycles. The maximum Gasteiger partial charge on any atom is 0.408 e. The molecule has 1 aromatic carbocycles. The van der Waals surface area contributed by atoms with Gasteiger partial charge in [0.2, 0.25) is 34.1 Å². The topological polar surface area (TPSA) is 195 Å². The van der Waals surface area contributed by atoms with E-state index in [4.69, 9.17) is 24.2 Å². The molecule has 0 radical (unpaired) electrons. The molecule has 57 heavy (non-hydrogen) atoms. The van der Waals surface area contributed by atoms with E-state index in [1.165, 1.54) is 12.0 Å². The van der Waals surface area contributed by atoms with Crippen LogP contribution in [0.15, 0.2) is 18.2 Å². The highest BCUT2D eigenvalue weighted by Crippen LogP contribution is 2.49. The lowest BCUT2D eigenvalue weighted by molar-refractivity contribution is -0.144. The van der Waals surface area contributed by atoms with Gasteiger partial charge in [-0.3, -0.25) is 19.1 Å². The Morgan fingerprint density at radius 1 is 1.07 bits per heavy atom. The molecule has 0 spiro atoms. The number of benzene rings is 1. The molecular weight excluding hydrogens is 767 g/mol. The van der Waals surface area contributed by atoms with Crippen molar-refractivity contribution in [1.29, 1.82) is 0 Å². The number of nitrogens with zero attached hydrogens (tertiary/aromatic N) is 3. The number of halogens is 2. The Balaban J connectivity index is 1.27. The predicted octanol–water partition coefficient (Wildman–Crippen LogP) is 4.02. The number of ether oxygens (including phenoxy) is 3. The number of amides is 4. The van der Waals surface area contributed by atoms with Gasteiger partial charge in [0.25, 0.3) is 5.91 Å². The van der Waals surface area contributed by atoms with E-state index >= 15 is 0 Å². The molecule has 3 saturated carbocycles. The third-order valence-corrected chi connectivity index (χ3v) is 13.9. The van der Waals surface area contributed by atoms with Gasteiger partial charge in [-0.25, -0.2) is 32.0 Å². The highest BCUT2D eigenvalue weighted by molar-refractivity contribution is 7.91. The predicted molar refractivity (Wildman–Crippen MR) is 202 cm³/mol. The van der Waals surface area contributed by atoms with Crippen molar-refractivity contribution in [2.75, 3.05) is 13.7 Å². The van der Waals surface area contributed by atoms with Crippen LogP contribution in [0.3, 0.4) is 0 Å². The lowest BCUT2D eigenvalue weighted by Crippen LogP contribution is -2.61. The normalized spacial score (nSPS) is 30.8. The zero-order valence-electron chi connectivity index (χ0n) is 32.9. The van der Waals surface area contributed by atoms with E-state index in [1.54, 1.807) is 45.9 Å². The lowest BCUT2D eigenvalue weighted by Gasteiger charge is -2.36. The molecular formula is C39H52F2N6O9S. The minimum Gasteiger partial charge on any atom is -0.497 e. The fourth-order valence-electron chi connectivity index (χ4n) is 8.31. The second kappa shape index (κ2) is 15.4. The Labute approximate surface area is 330 Å². The highest BCUT2D eigenvalue weighted by atomic mass is 32.2. The number of sulfonamides is 1. The van der Waals surface area contributed by atoms with E-state index in [9.17, 15) is 36.4 Å². The van der Waals surface area contributed by atoms with Crippen molar-refractivity contribution in [3.8, 4) is 11.6 Å². The number of carbonyl (C=O) groups excluding carboxylic acids is 4. The van der Waals surface area contributed by atoms with Crippen molar-refractivity contribution in [2.24, 2.45) is 23.2 Å². The Kier molecular flexibility index (Phi) is 11.1. The van der Waals surface area contributed by atoms with Gasteiger partial charge in [-0.2, -0.15) is 0 Å². The Hall–Kier alpha value is -4.35. The van der Waals surface area contributed by atoms with Crippen LogP contribution >= 0.6 is 0 Å². The van der Waals surface area contributed by atoms with E-state index < -0.39 is 92.9 Å². The number of alkyl carbamates (subject to hydrolysis) is 1. The summed E-state index contributed by atoms with van der Waals surface area (Å²) in [7, 11) is -2.61. The van der Waals surface area contributed by atoms with Crippen LogP contribution in [0.5, 0.6) is 11.6 Å². The smallest absolute Gasteiger partial charge is 0.408 e. The maximum atomic E-state index is 14.8. The van der Waals surface area contributed by atoms with Gasteiger partial charge in [-0.1, -0.05) is 40.5 Å². The molecule has 7 rings (SSSR count). The van der Waals surface area contributed by atoms with Crippen LogP contribution in [-0.4, -0.2) is 102 Å². The van der Waals surface area contributed by atoms with Crippen molar-refractivity contribution in [1.82, 2.24) is 30.2 Å². The van der Waals surface area contributed by atoms with E-state index in [1.807, 2.05) is 4.72 Å². The second-order valence-electron chi connectivity index (χ2n) is 17.3. The number of alkyl halides is 2. The van der Waals surface area contributed by atoms with E-state index in [0.29, 0.717) is 48.2 Å². The van der Waals surface area contributed by atoms with Gasteiger partial charge in [-0.05, 0) is 74.8 Å². The molecule has 2 bridgehead atoms. The average molecular weight is 819 g/mol. The number of methoxy groups -OCH3 is 1. The average Bonchev–Trinajstić information content (AvgIpc) is 4.06. The summed E-state index contributed by atoms with van der Waals surface area (Å²) in [6.45, 7) is 6.87. The van der Waals surface area contributed by atoms with E-state index in [-0.39, 0.29) is 30.9 Å². The van der Waals surface area contributed by atoms with Crippen LogP contribution in [0.2, 0.25) is 0 Å². The van der Waals surface area contributed by atoms with Crippen LogP contribution < -0.4 is 24.8 Å². The second-order valence-corrected chi connectivity index (χ2v) is 19.2. The van der Waals surface area contributed by atoms with E-state index in [0.717, 1.165) is 25.7 Å². The van der Waals surface area contributed by atoms with Crippen LogP contribution in [0.25, 0.3) is 11.0 Å². The van der Waals surface area contributed by atoms with Crippen molar-refractivity contribution in [3.63, 3.8) is 0 Å². The van der Waals surface area contributed by atoms with Crippen molar-refractivity contribution >= 4 is 44.9 Å². The summed E-state index contributed by atoms with van der Waals surface area (Å²) in [4.78, 5) is 67.3. The van der Waals surface area contributed by atoms with E-state index in [2.05, 4.69) is 10.6 Å². The Morgan fingerprint density at radius 2 is 1.82 bits per heavy atom. The number of hydrogen-bond donors (Lipinski definition) is 3. The first kappa shape index (κ1) is 40.8. The van der Waals surface area contributed by atoms with Crippen LogP contribution in [0.4, 0.5) is 13.6 Å². The first-order valence-electron chi connectivity index (χ1n) is 19.9. The molecule has 5 aliphatic rings. The summed E-state index contributed by atoms with van der Waals surface area (Å²) in [6.07, 6.45) is 0.0874. The molecule has 18 heteroatoms. The molecule has 1 aromatic heterocycles. The van der Waals surface area contributed by atoms with Gasteiger partial charge >= 0.3 is 6.09 Å². The van der Waals surface area contributed by atoms with Gasteiger partial charge < -0.3 is 29.7 Å².